The zero-order valence-corrected chi connectivity index (χ0v) is 11.8. The van der Waals surface area contributed by atoms with E-state index in [1.54, 1.807) is 12.5 Å². The van der Waals surface area contributed by atoms with Crippen LogP contribution in [0.1, 0.15) is 26.5 Å². The fourth-order valence-corrected chi connectivity index (χ4v) is 1.84. The van der Waals surface area contributed by atoms with Crippen LogP contribution in [0, 0.1) is 0 Å². The van der Waals surface area contributed by atoms with Gasteiger partial charge in [0.1, 0.15) is 0 Å². The molecule has 0 amide bonds. The summed E-state index contributed by atoms with van der Waals surface area (Å²) < 4.78 is 7.38. The molecular formula is C14H20N4O. The van der Waals surface area contributed by atoms with E-state index in [1.165, 1.54) is 0 Å². The summed E-state index contributed by atoms with van der Waals surface area (Å²) in [5.74, 6) is 0.640. The molecule has 1 N–H and O–H groups in total. The predicted octanol–water partition coefficient (Wildman–Crippen LogP) is 2.12. The first-order valence-corrected chi connectivity index (χ1v) is 6.39. The Morgan fingerprint density at radius 3 is 2.68 bits per heavy atom. The van der Waals surface area contributed by atoms with Gasteiger partial charge in [-0.2, -0.15) is 0 Å². The van der Waals surface area contributed by atoms with Gasteiger partial charge in [0.25, 0.3) is 0 Å². The molecule has 0 spiro atoms. The maximum atomic E-state index is 5.35. The van der Waals surface area contributed by atoms with Crippen LogP contribution in [0.2, 0.25) is 0 Å². The van der Waals surface area contributed by atoms with Crippen molar-refractivity contribution in [2.45, 2.75) is 26.3 Å². The van der Waals surface area contributed by atoms with Crippen LogP contribution in [0.5, 0.6) is 5.88 Å². The van der Waals surface area contributed by atoms with Crippen molar-refractivity contribution in [1.82, 2.24) is 19.9 Å². The second-order valence-corrected chi connectivity index (χ2v) is 4.81. The van der Waals surface area contributed by atoms with Gasteiger partial charge >= 0.3 is 0 Å². The third-order valence-corrected chi connectivity index (χ3v) is 3.19. The van der Waals surface area contributed by atoms with Gasteiger partial charge in [-0.15, -0.1) is 0 Å². The summed E-state index contributed by atoms with van der Waals surface area (Å²) in [5, 5.41) is 3.28. The highest BCUT2D eigenvalue weighted by Gasteiger charge is 2.22. The van der Waals surface area contributed by atoms with Crippen LogP contribution in [0.4, 0.5) is 0 Å². The van der Waals surface area contributed by atoms with Crippen molar-refractivity contribution in [2.75, 3.05) is 13.7 Å². The van der Waals surface area contributed by atoms with Crippen molar-refractivity contribution in [3.8, 4) is 11.6 Å². The van der Waals surface area contributed by atoms with E-state index in [-0.39, 0.29) is 5.54 Å². The quantitative estimate of drug-likeness (QED) is 0.894. The van der Waals surface area contributed by atoms with Crippen LogP contribution in [0.3, 0.4) is 0 Å². The average molecular weight is 260 g/mol. The molecule has 2 aromatic heterocycles. The van der Waals surface area contributed by atoms with Crippen molar-refractivity contribution in [1.29, 1.82) is 0 Å². The minimum absolute atomic E-state index is 0.158. The molecule has 0 bridgehead atoms. The van der Waals surface area contributed by atoms with Gasteiger partial charge in [0.05, 0.1) is 42.2 Å². The highest BCUT2D eigenvalue weighted by molar-refractivity contribution is 5.34. The van der Waals surface area contributed by atoms with Gasteiger partial charge in [-0.3, -0.25) is 4.57 Å². The molecule has 19 heavy (non-hydrogen) atoms. The molecule has 2 heterocycles. The SMILES string of the molecule is CCOc1ccc(-n2cncc2C(C)(C)NC)cn1. The molecule has 0 aromatic carbocycles. The topological polar surface area (TPSA) is 52.0 Å². The third-order valence-electron chi connectivity index (χ3n) is 3.19. The number of hydrogen-bond donors (Lipinski definition) is 1. The van der Waals surface area contributed by atoms with Crippen LogP contribution < -0.4 is 10.1 Å². The lowest BCUT2D eigenvalue weighted by Gasteiger charge is -2.25. The summed E-state index contributed by atoms with van der Waals surface area (Å²) in [6.45, 7) is 6.79. The van der Waals surface area contributed by atoms with E-state index in [0.29, 0.717) is 12.5 Å². The number of ether oxygens (including phenoxy) is 1. The number of rotatable bonds is 5. The fraction of sp³-hybridized carbons (Fsp3) is 0.429. The second kappa shape index (κ2) is 5.40. The Morgan fingerprint density at radius 2 is 2.11 bits per heavy atom. The summed E-state index contributed by atoms with van der Waals surface area (Å²) in [5.41, 5.74) is 1.90. The Balaban J connectivity index is 2.35. The molecule has 5 heteroatoms. The van der Waals surface area contributed by atoms with Crippen LogP contribution in [0.25, 0.3) is 5.69 Å². The molecule has 0 aliphatic rings. The summed E-state index contributed by atoms with van der Waals surface area (Å²) in [4.78, 5) is 8.52. The molecule has 0 aliphatic carbocycles. The molecule has 0 saturated heterocycles. The first-order valence-electron chi connectivity index (χ1n) is 6.39. The van der Waals surface area contributed by atoms with Crippen molar-refractivity contribution in [3.05, 3.63) is 36.5 Å². The molecule has 5 nitrogen and oxygen atoms in total. The molecule has 0 fully saturated rings. The maximum Gasteiger partial charge on any atom is 0.213 e. The number of aromatic nitrogens is 3. The van der Waals surface area contributed by atoms with Gasteiger partial charge in [0, 0.05) is 6.07 Å². The fourth-order valence-electron chi connectivity index (χ4n) is 1.84. The second-order valence-electron chi connectivity index (χ2n) is 4.81. The zero-order valence-electron chi connectivity index (χ0n) is 11.8. The Hall–Kier alpha value is -1.88. The lowest BCUT2D eigenvalue weighted by atomic mass is 10.0. The Labute approximate surface area is 113 Å². The van der Waals surface area contributed by atoms with E-state index in [9.17, 15) is 0 Å². The van der Waals surface area contributed by atoms with Gasteiger partial charge in [0.2, 0.25) is 5.88 Å². The average Bonchev–Trinajstić information content (AvgIpc) is 2.90. The smallest absolute Gasteiger partial charge is 0.213 e. The maximum absolute atomic E-state index is 5.35. The normalized spacial score (nSPS) is 11.6. The van der Waals surface area contributed by atoms with Crippen molar-refractivity contribution < 1.29 is 4.74 Å². The number of nitrogens with one attached hydrogen (secondary N) is 1. The van der Waals surface area contributed by atoms with Crippen LogP contribution in [-0.2, 0) is 5.54 Å². The van der Waals surface area contributed by atoms with E-state index >= 15 is 0 Å². The van der Waals surface area contributed by atoms with Crippen LogP contribution in [-0.4, -0.2) is 28.2 Å². The molecule has 102 valence electrons. The van der Waals surface area contributed by atoms with Crippen molar-refractivity contribution in [2.24, 2.45) is 0 Å². The molecule has 0 saturated carbocycles. The Kier molecular flexibility index (Phi) is 3.85. The minimum Gasteiger partial charge on any atom is -0.478 e. The van der Waals surface area contributed by atoms with Crippen LogP contribution in [0.15, 0.2) is 30.9 Å². The molecule has 0 radical (unpaired) electrons. The molecule has 0 atom stereocenters. The Bertz CT molecular complexity index is 531. The first kappa shape index (κ1) is 13.5. The molecule has 0 unspecified atom stereocenters. The Morgan fingerprint density at radius 1 is 1.32 bits per heavy atom. The van der Waals surface area contributed by atoms with Gasteiger partial charge in [-0.1, -0.05) is 0 Å². The van der Waals surface area contributed by atoms with Crippen LogP contribution >= 0.6 is 0 Å². The van der Waals surface area contributed by atoms with E-state index < -0.39 is 0 Å². The highest BCUT2D eigenvalue weighted by atomic mass is 16.5. The number of imidazole rings is 1. The summed E-state index contributed by atoms with van der Waals surface area (Å²) in [6, 6.07) is 3.85. The highest BCUT2D eigenvalue weighted by Crippen LogP contribution is 2.22. The van der Waals surface area contributed by atoms with E-state index in [0.717, 1.165) is 11.4 Å². The monoisotopic (exact) mass is 260 g/mol. The summed E-state index contributed by atoms with van der Waals surface area (Å²) in [7, 11) is 1.94. The summed E-state index contributed by atoms with van der Waals surface area (Å²) in [6.07, 6.45) is 5.46. The standard InChI is InChI=1S/C14H20N4O/c1-5-19-13-7-6-11(8-17-13)18-10-16-9-12(18)14(2,3)15-4/h6-10,15H,5H2,1-4H3. The van der Waals surface area contributed by atoms with Gasteiger partial charge < -0.3 is 10.1 Å². The zero-order chi connectivity index (χ0) is 13.9. The van der Waals surface area contributed by atoms with E-state index in [1.807, 2.05) is 36.9 Å². The van der Waals surface area contributed by atoms with Gasteiger partial charge in [0.15, 0.2) is 0 Å². The molecular weight excluding hydrogens is 240 g/mol. The predicted molar refractivity (Wildman–Crippen MR) is 74.6 cm³/mol. The lowest BCUT2D eigenvalue weighted by molar-refractivity contribution is 0.327. The lowest BCUT2D eigenvalue weighted by Crippen LogP contribution is -2.35. The number of nitrogens with zero attached hydrogens (tertiary/aromatic N) is 3. The number of pyridine rings is 1. The van der Waals surface area contributed by atoms with Gasteiger partial charge in [-0.25, -0.2) is 9.97 Å². The summed E-state index contributed by atoms with van der Waals surface area (Å²) >= 11 is 0. The van der Waals surface area contributed by atoms with Gasteiger partial charge in [-0.05, 0) is 33.9 Å². The van der Waals surface area contributed by atoms with Crippen molar-refractivity contribution >= 4 is 0 Å². The molecule has 0 aliphatic heterocycles. The number of hydrogen-bond acceptors (Lipinski definition) is 4. The molecule has 2 aromatic rings. The van der Waals surface area contributed by atoms with E-state index in [2.05, 4.69) is 29.1 Å². The third kappa shape index (κ3) is 2.76. The van der Waals surface area contributed by atoms with E-state index in [4.69, 9.17) is 4.74 Å². The largest absolute Gasteiger partial charge is 0.478 e. The minimum atomic E-state index is -0.158. The molecule has 2 rings (SSSR count). The first-order chi connectivity index (χ1) is 9.08. The van der Waals surface area contributed by atoms with Crippen molar-refractivity contribution in [3.63, 3.8) is 0 Å².